The van der Waals surface area contributed by atoms with Crippen LogP contribution in [0.4, 0.5) is 5.69 Å². The zero-order valence-electron chi connectivity index (χ0n) is 16.7. The zero-order chi connectivity index (χ0) is 21.3. The van der Waals surface area contributed by atoms with Crippen molar-refractivity contribution in [3.8, 4) is 0 Å². The lowest BCUT2D eigenvalue weighted by Gasteiger charge is -2.28. The van der Waals surface area contributed by atoms with E-state index in [1.54, 1.807) is 57.0 Å². The van der Waals surface area contributed by atoms with E-state index in [0.717, 1.165) is 9.87 Å². The number of likely N-dealkylation sites (N-methyl/N-ethyl adjacent to an activating group) is 1. The monoisotopic (exact) mass is 411 g/mol. The highest BCUT2D eigenvalue weighted by Crippen LogP contribution is 2.18. The molecule has 1 aromatic carbocycles. The molecule has 0 heterocycles. The fourth-order valence-corrected chi connectivity index (χ4v) is 2.78. The maximum Gasteiger partial charge on any atom is 0.327 e. The van der Waals surface area contributed by atoms with Gasteiger partial charge in [-0.3, -0.25) is 23.0 Å². The molecule has 28 heavy (non-hydrogen) atoms. The summed E-state index contributed by atoms with van der Waals surface area (Å²) in [6.07, 6.45) is 1.50. The van der Waals surface area contributed by atoms with Crippen LogP contribution in [0.5, 0.6) is 0 Å². The predicted molar refractivity (Wildman–Crippen MR) is 106 cm³/mol. The van der Waals surface area contributed by atoms with Crippen molar-refractivity contribution >= 4 is 28.9 Å². The highest BCUT2D eigenvalue weighted by Gasteiger charge is 2.20. The second-order valence-corrected chi connectivity index (χ2v) is 8.03. The summed E-state index contributed by atoms with van der Waals surface area (Å²) in [4.78, 5) is 25.3. The van der Waals surface area contributed by atoms with Gasteiger partial charge in [-0.15, -0.1) is 0 Å². The number of nitrogens with zero attached hydrogens (tertiary/aromatic N) is 2. The normalized spacial score (nSPS) is 12.4. The lowest BCUT2D eigenvalue weighted by Crippen LogP contribution is -2.36. The Labute approximate surface area is 168 Å². The molecule has 156 valence electrons. The van der Waals surface area contributed by atoms with E-state index in [2.05, 4.69) is 6.58 Å². The lowest BCUT2D eigenvalue weighted by atomic mass is 10.2. The molecule has 0 amide bonds. The van der Waals surface area contributed by atoms with E-state index in [9.17, 15) is 18.4 Å². The van der Waals surface area contributed by atoms with Crippen LogP contribution in [-0.2, 0) is 36.9 Å². The highest BCUT2D eigenvalue weighted by atomic mass is 32.2. The van der Waals surface area contributed by atoms with Crippen molar-refractivity contribution in [2.45, 2.75) is 32.9 Å². The standard InChI is InChI=1S/C19H28N2O6S/c1-6-11-26-17(22)13-20(5)12-15-7-9-16(10-8-15)21(28(24)25)14-18(23)27-19(2,3)4/h6-10H,1,11-14H2,2-5H3,(H,24,25)/p-1. The molecule has 0 aromatic heterocycles. The SMILES string of the molecule is C=CCOC(=O)CN(C)Cc1ccc(N(CC(=O)OC(C)(C)C)S(=O)[O-])cc1. The van der Waals surface area contributed by atoms with Crippen molar-refractivity contribution < 1.29 is 27.8 Å². The van der Waals surface area contributed by atoms with Crippen LogP contribution in [0.2, 0.25) is 0 Å². The molecule has 0 saturated carbocycles. The van der Waals surface area contributed by atoms with Crippen molar-refractivity contribution in [2.75, 3.05) is 31.0 Å². The summed E-state index contributed by atoms with van der Waals surface area (Å²) in [6, 6.07) is 6.66. The quantitative estimate of drug-likeness (QED) is 0.329. The summed E-state index contributed by atoms with van der Waals surface area (Å²) >= 11 is -2.63. The van der Waals surface area contributed by atoms with Crippen molar-refractivity contribution in [3.05, 3.63) is 42.5 Å². The minimum absolute atomic E-state index is 0.116. The van der Waals surface area contributed by atoms with Crippen molar-refractivity contribution in [1.82, 2.24) is 4.90 Å². The number of carbonyl (C=O) groups excluding carboxylic acids is 2. The highest BCUT2D eigenvalue weighted by molar-refractivity contribution is 7.80. The van der Waals surface area contributed by atoms with Gasteiger partial charge in [-0.05, 0) is 45.5 Å². The number of rotatable bonds is 10. The first-order valence-corrected chi connectivity index (χ1v) is 9.68. The van der Waals surface area contributed by atoms with Crippen LogP contribution in [0.15, 0.2) is 36.9 Å². The van der Waals surface area contributed by atoms with Crippen LogP contribution in [0, 0.1) is 0 Å². The smallest absolute Gasteiger partial charge is 0.327 e. The molecule has 0 N–H and O–H groups in total. The Kier molecular flexibility index (Phi) is 9.30. The Hall–Kier alpha value is -2.23. The van der Waals surface area contributed by atoms with Crippen molar-refractivity contribution in [2.24, 2.45) is 0 Å². The fourth-order valence-electron chi connectivity index (χ4n) is 2.27. The molecule has 0 radical (unpaired) electrons. The van der Waals surface area contributed by atoms with Crippen LogP contribution in [0.3, 0.4) is 0 Å². The van der Waals surface area contributed by atoms with E-state index in [1.807, 2.05) is 0 Å². The Morgan fingerprint density at radius 2 is 1.79 bits per heavy atom. The van der Waals surface area contributed by atoms with E-state index in [-0.39, 0.29) is 19.1 Å². The molecule has 0 aliphatic rings. The zero-order valence-corrected chi connectivity index (χ0v) is 17.5. The van der Waals surface area contributed by atoms with Crippen LogP contribution < -0.4 is 4.31 Å². The van der Waals surface area contributed by atoms with Gasteiger partial charge in [0.25, 0.3) is 0 Å². The molecule has 1 unspecified atom stereocenters. The molecule has 9 heteroatoms. The Morgan fingerprint density at radius 3 is 2.29 bits per heavy atom. The van der Waals surface area contributed by atoms with E-state index in [4.69, 9.17) is 9.47 Å². The maximum absolute atomic E-state index is 11.9. The van der Waals surface area contributed by atoms with Gasteiger partial charge in [0.2, 0.25) is 0 Å². The van der Waals surface area contributed by atoms with Crippen LogP contribution in [-0.4, -0.2) is 57.9 Å². The lowest BCUT2D eigenvalue weighted by molar-refractivity contribution is -0.152. The first-order chi connectivity index (χ1) is 13.0. The molecule has 0 saturated heterocycles. The van der Waals surface area contributed by atoms with E-state index in [0.29, 0.717) is 12.2 Å². The van der Waals surface area contributed by atoms with Gasteiger partial charge < -0.3 is 14.0 Å². The predicted octanol–water partition coefficient (Wildman–Crippen LogP) is 1.79. The van der Waals surface area contributed by atoms with E-state index < -0.39 is 29.4 Å². The van der Waals surface area contributed by atoms with Gasteiger partial charge in [-0.2, -0.15) is 0 Å². The molecule has 0 aliphatic heterocycles. The topological polar surface area (TPSA) is 99.2 Å². The molecule has 1 atom stereocenters. The number of anilines is 1. The largest absolute Gasteiger partial charge is 0.755 e. The molecular weight excluding hydrogens is 384 g/mol. The summed E-state index contributed by atoms with van der Waals surface area (Å²) in [5.74, 6) is -0.997. The number of hydrogen-bond acceptors (Lipinski definition) is 7. The summed E-state index contributed by atoms with van der Waals surface area (Å²) in [5.41, 5.74) is 0.515. The molecule has 8 nitrogen and oxygen atoms in total. The van der Waals surface area contributed by atoms with Crippen molar-refractivity contribution in [3.63, 3.8) is 0 Å². The average Bonchev–Trinajstić information content (AvgIpc) is 2.56. The number of esters is 2. The Balaban J connectivity index is 2.72. The maximum atomic E-state index is 11.9. The van der Waals surface area contributed by atoms with Gasteiger partial charge in [-0.25, -0.2) is 0 Å². The van der Waals surface area contributed by atoms with Gasteiger partial charge in [0.05, 0.1) is 6.54 Å². The summed E-state index contributed by atoms with van der Waals surface area (Å²) in [6.45, 7) is 8.95. The number of ether oxygens (including phenoxy) is 2. The number of hydrogen-bond donors (Lipinski definition) is 0. The Bertz CT molecular complexity index is 699. The van der Waals surface area contributed by atoms with Gasteiger partial charge in [-0.1, -0.05) is 24.8 Å². The summed E-state index contributed by atoms with van der Waals surface area (Å²) in [5, 5.41) is 0. The molecule has 1 rings (SSSR count). The first-order valence-electron chi connectivity index (χ1n) is 8.64. The second kappa shape index (κ2) is 10.9. The van der Waals surface area contributed by atoms with Gasteiger partial charge in [0, 0.05) is 23.5 Å². The average molecular weight is 412 g/mol. The van der Waals surface area contributed by atoms with E-state index >= 15 is 0 Å². The third-order valence-electron chi connectivity index (χ3n) is 3.31. The van der Waals surface area contributed by atoms with Crippen LogP contribution >= 0.6 is 0 Å². The van der Waals surface area contributed by atoms with Crippen LogP contribution in [0.1, 0.15) is 26.3 Å². The number of carbonyl (C=O) groups is 2. The molecule has 0 fully saturated rings. The fraction of sp³-hybridized carbons (Fsp3) is 0.474. The van der Waals surface area contributed by atoms with Crippen molar-refractivity contribution in [1.29, 1.82) is 0 Å². The molecular formula is C19H27N2O6S-. The number of benzene rings is 1. The minimum atomic E-state index is -2.63. The van der Waals surface area contributed by atoms with E-state index in [1.165, 1.54) is 6.08 Å². The second-order valence-electron chi connectivity index (χ2n) is 7.15. The van der Waals surface area contributed by atoms with Gasteiger partial charge >= 0.3 is 11.9 Å². The Morgan fingerprint density at radius 1 is 1.18 bits per heavy atom. The molecule has 0 spiro atoms. The molecule has 0 bridgehead atoms. The third-order valence-corrected chi connectivity index (χ3v) is 4.01. The molecule has 0 aliphatic carbocycles. The third kappa shape index (κ3) is 9.12. The minimum Gasteiger partial charge on any atom is -0.755 e. The summed E-state index contributed by atoms with van der Waals surface area (Å²) in [7, 11) is 1.77. The first kappa shape index (κ1) is 23.8. The van der Waals surface area contributed by atoms with Crippen LogP contribution in [0.25, 0.3) is 0 Å². The van der Waals surface area contributed by atoms with Gasteiger partial charge in [0.15, 0.2) is 0 Å². The van der Waals surface area contributed by atoms with Gasteiger partial charge in [0.1, 0.15) is 18.8 Å². The molecule has 1 aromatic rings. The summed E-state index contributed by atoms with van der Waals surface area (Å²) < 4.78 is 34.1.